The van der Waals surface area contributed by atoms with Gasteiger partial charge in [-0.05, 0) is 52.4 Å². The number of methoxy groups -OCH3 is 1. The fraction of sp³-hybridized carbons (Fsp3) is 0.222. The number of amides is 1. The minimum atomic E-state index is -2.48. The lowest BCUT2D eigenvalue weighted by molar-refractivity contribution is -0.113. The van der Waals surface area contributed by atoms with E-state index in [2.05, 4.69) is 20.8 Å². The van der Waals surface area contributed by atoms with Crippen LogP contribution in [0.4, 0.5) is 14.5 Å². The number of rotatable bonds is 9. The van der Waals surface area contributed by atoms with Gasteiger partial charge in [-0.25, -0.2) is 4.68 Å². The molecule has 3 rings (SSSR count). The van der Waals surface area contributed by atoms with E-state index in [0.29, 0.717) is 34.0 Å². The van der Waals surface area contributed by atoms with Gasteiger partial charge in [0.15, 0.2) is 0 Å². The lowest BCUT2D eigenvalue weighted by Crippen LogP contribution is -2.14. The van der Waals surface area contributed by atoms with Crippen molar-refractivity contribution in [1.29, 1.82) is 0 Å². The topological polar surface area (TPSA) is 81.9 Å². The lowest BCUT2D eigenvalue weighted by atomic mass is 10.2. The highest BCUT2D eigenvalue weighted by Gasteiger charge is 2.11. The zero-order valence-corrected chi connectivity index (χ0v) is 16.9. The van der Waals surface area contributed by atoms with Crippen molar-refractivity contribution in [3.05, 3.63) is 54.1 Å². The first kappa shape index (κ1) is 21.1. The number of tetrazole rings is 1. The summed E-state index contributed by atoms with van der Waals surface area (Å²) in [5, 5.41) is 14.8. The second kappa shape index (κ2) is 10.2. The van der Waals surface area contributed by atoms with E-state index in [-0.39, 0.29) is 11.7 Å². The van der Waals surface area contributed by atoms with Gasteiger partial charge in [-0.15, -0.1) is 5.10 Å². The molecule has 11 heteroatoms. The van der Waals surface area contributed by atoms with E-state index in [1.54, 1.807) is 23.9 Å². The van der Waals surface area contributed by atoms with Gasteiger partial charge in [0.1, 0.15) is 5.75 Å². The molecule has 0 saturated heterocycles. The van der Waals surface area contributed by atoms with Crippen LogP contribution in [0.25, 0.3) is 0 Å². The van der Waals surface area contributed by atoms with Gasteiger partial charge < -0.3 is 10.1 Å². The molecule has 29 heavy (non-hydrogen) atoms. The van der Waals surface area contributed by atoms with Gasteiger partial charge in [-0.1, -0.05) is 35.7 Å². The van der Waals surface area contributed by atoms with Gasteiger partial charge >= 0.3 is 0 Å². The van der Waals surface area contributed by atoms with Crippen LogP contribution in [0.2, 0.25) is 0 Å². The number of aromatic nitrogens is 4. The Morgan fingerprint density at radius 3 is 2.55 bits per heavy atom. The fourth-order valence-corrected chi connectivity index (χ4v) is 3.53. The highest BCUT2D eigenvalue weighted by atomic mass is 32.2. The number of hydrogen-bond donors (Lipinski definition) is 1. The van der Waals surface area contributed by atoms with Gasteiger partial charge in [0.2, 0.25) is 11.1 Å². The van der Waals surface area contributed by atoms with Gasteiger partial charge in [0.25, 0.3) is 5.76 Å². The number of alkyl halides is 2. The molecule has 0 aliphatic rings. The second-order valence-corrected chi connectivity index (χ2v) is 7.71. The molecule has 7 nitrogen and oxygen atoms in total. The summed E-state index contributed by atoms with van der Waals surface area (Å²) in [5.41, 5.74) is 1.53. The number of hydrogen-bond acceptors (Lipinski definition) is 7. The number of thioether (sulfide) groups is 2. The van der Waals surface area contributed by atoms with Crippen molar-refractivity contribution in [2.45, 2.75) is 22.4 Å². The molecule has 0 fully saturated rings. The van der Waals surface area contributed by atoms with Crippen LogP contribution in [0.3, 0.4) is 0 Å². The second-order valence-electron chi connectivity index (χ2n) is 5.71. The third-order valence-corrected chi connectivity index (χ3v) is 5.37. The van der Waals surface area contributed by atoms with E-state index in [0.717, 1.165) is 11.3 Å². The van der Waals surface area contributed by atoms with Crippen molar-refractivity contribution in [2.75, 3.05) is 18.2 Å². The van der Waals surface area contributed by atoms with E-state index in [1.165, 1.54) is 23.9 Å². The SMILES string of the molecule is COc1ccc(Cn2nnnc2SCC(=O)Nc2ccc(SC(F)F)cc2)cc1. The predicted octanol–water partition coefficient (Wildman–Crippen LogP) is 3.78. The van der Waals surface area contributed by atoms with E-state index >= 15 is 0 Å². The Kier molecular flexibility index (Phi) is 7.42. The minimum Gasteiger partial charge on any atom is -0.497 e. The van der Waals surface area contributed by atoms with Crippen LogP contribution in [-0.2, 0) is 11.3 Å². The van der Waals surface area contributed by atoms with Crippen molar-refractivity contribution < 1.29 is 18.3 Å². The average molecular weight is 437 g/mol. The molecule has 2 aromatic carbocycles. The van der Waals surface area contributed by atoms with E-state index in [9.17, 15) is 13.6 Å². The van der Waals surface area contributed by atoms with Crippen molar-refractivity contribution in [2.24, 2.45) is 0 Å². The van der Waals surface area contributed by atoms with Gasteiger partial charge in [-0.3, -0.25) is 4.79 Å². The summed E-state index contributed by atoms with van der Waals surface area (Å²) in [7, 11) is 1.60. The Labute approximate surface area is 174 Å². The van der Waals surface area contributed by atoms with Crippen molar-refractivity contribution in [3.63, 3.8) is 0 Å². The standard InChI is InChI=1S/C18H17F2N5O2S2/c1-27-14-6-2-12(3-7-14)10-25-18(22-23-24-25)28-11-16(26)21-13-4-8-15(9-5-13)29-17(19)20/h2-9,17H,10-11H2,1H3,(H,21,26). The molecule has 0 saturated carbocycles. The molecule has 1 aromatic heterocycles. The highest BCUT2D eigenvalue weighted by molar-refractivity contribution is 8.00. The molecule has 1 N–H and O–H groups in total. The lowest BCUT2D eigenvalue weighted by Gasteiger charge is -2.07. The molecule has 152 valence electrons. The molecule has 0 aliphatic heterocycles. The molecular weight excluding hydrogens is 420 g/mol. The molecular formula is C18H17F2N5O2S2. The number of halogens is 2. The number of benzene rings is 2. The van der Waals surface area contributed by atoms with E-state index in [4.69, 9.17) is 4.74 Å². The quantitative estimate of drug-likeness (QED) is 0.510. The molecule has 0 atom stereocenters. The van der Waals surface area contributed by atoms with Crippen LogP contribution in [-0.4, -0.2) is 44.7 Å². The van der Waals surface area contributed by atoms with Crippen molar-refractivity contribution in [1.82, 2.24) is 20.2 Å². The first-order valence-electron chi connectivity index (χ1n) is 8.40. The molecule has 3 aromatic rings. The van der Waals surface area contributed by atoms with Crippen LogP contribution in [0.1, 0.15) is 5.56 Å². The summed E-state index contributed by atoms with van der Waals surface area (Å²) in [5.74, 6) is -1.85. The number of carbonyl (C=O) groups excluding carboxylic acids is 1. The maximum absolute atomic E-state index is 12.3. The first-order chi connectivity index (χ1) is 14.0. The largest absolute Gasteiger partial charge is 0.497 e. The summed E-state index contributed by atoms with van der Waals surface area (Å²) in [6, 6.07) is 13.8. The van der Waals surface area contributed by atoms with Gasteiger partial charge in [0.05, 0.1) is 19.4 Å². The Morgan fingerprint density at radius 1 is 1.17 bits per heavy atom. The molecule has 1 amide bonds. The number of nitrogens with one attached hydrogen (secondary N) is 1. The predicted molar refractivity (Wildman–Crippen MR) is 108 cm³/mol. The van der Waals surface area contributed by atoms with Crippen LogP contribution >= 0.6 is 23.5 Å². The monoisotopic (exact) mass is 437 g/mol. The molecule has 0 bridgehead atoms. The van der Waals surface area contributed by atoms with E-state index in [1.807, 2.05) is 24.3 Å². The smallest absolute Gasteiger partial charge is 0.288 e. The van der Waals surface area contributed by atoms with Crippen LogP contribution in [0.5, 0.6) is 5.75 Å². The Morgan fingerprint density at radius 2 is 1.90 bits per heavy atom. The molecule has 0 aliphatic carbocycles. The third kappa shape index (κ3) is 6.43. The Bertz CT molecular complexity index is 936. The fourth-order valence-electron chi connectivity index (χ4n) is 2.35. The summed E-state index contributed by atoms with van der Waals surface area (Å²) >= 11 is 1.66. The van der Waals surface area contributed by atoms with Crippen LogP contribution in [0.15, 0.2) is 58.6 Å². The number of ether oxygens (including phenoxy) is 1. The zero-order chi connectivity index (χ0) is 20.6. The third-order valence-electron chi connectivity index (χ3n) is 3.69. The summed E-state index contributed by atoms with van der Waals surface area (Å²) in [6.07, 6.45) is 0. The molecule has 1 heterocycles. The Hall–Kier alpha value is -2.66. The maximum atomic E-state index is 12.3. The number of anilines is 1. The summed E-state index contributed by atoms with van der Waals surface area (Å²) in [6.45, 7) is 0.463. The average Bonchev–Trinajstić information content (AvgIpc) is 3.15. The van der Waals surface area contributed by atoms with Crippen LogP contribution < -0.4 is 10.1 Å². The molecule has 0 unspecified atom stereocenters. The number of carbonyl (C=O) groups is 1. The van der Waals surface area contributed by atoms with Gasteiger partial charge in [0, 0.05) is 10.6 Å². The van der Waals surface area contributed by atoms with Crippen molar-refractivity contribution in [3.8, 4) is 5.75 Å². The number of nitrogens with zero attached hydrogens (tertiary/aromatic N) is 4. The van der Waals surface area contributed by atoms with E-state index < -0.39 is 5.76 Å². The highest BCUT2D eigenvalue weighted by Crippen LogP contribution is 2.26. The van der Waals surface area contributed by atoms with Gasteiger partial charge in [-0.2, -0.15) is 8.78 Å². The molecule has 0 radical (unpaired) electrons. The summed E-state index contributed by atoms with van der Waals surface area (Å²) in [4.78, 5) is 12.6. The van der Waals surface area contributed by atoms with Crippen LogP contribution in [0, 0.1) is 0 Å². The summed E-state index contributed by atoms with van der Waals surface area (Å²) < 4.78 is 31.4. The zero-order valence-electron chi connectivity index (χ0n) is 15.3. The Balaban J connectivity index is 1.52. The van der Waals surface area contributed by atoms with Crippen molar-refractivity contribution >= 4 is 35.1 Å². The molecule has 0 spiro atoms. The first-order valence-corrected chi connectivity index (χ1v) is 10.3. The maximum Gasteiger partial charge on any atom is 0.288 e. The minimum absolute atomic E-state index is 0.108. The normalized spacial score (nSPS) is 10.9.